The maximum atomic E-state index is 3.94. The number of hydrogen-bond donors (Lipinski definition) is 0. The van der Waals surface area contributed by atoms with Crippen molar-refractivity contribution >= 4 is 12.2 Å². The number of rotatable bonds is 4. The molecule has 0 fully saturated rings. The lowest BCUT2D eigenvalue weighted by Crippen LogP contribution is -1.89. The summed E-state index contributed by atoms with van der Waals surface area (Å²) in [6.07, 6.45) is 3.82. The van der Waals surface area contributed by atoms with Crippen molar-refractivity contribution in [1.29, 1.82) is 0 Å². The van der Waals surface area contributed by atoms with Crippen molar-refractivity contribution in [2.45, 2.75) is 0 Å². The summed E-state index contributed by atoms with van der Waals surface area (Å²) >= 11 is 0. The highest BCUT2D eigenvalue weighted by molar-refractivity contribution is 5.90. The molecular formula is C22H18. The summed E-state index contributed by atoms with van der Waals surface area (Å²) in [6, 6.07) is 25.2. The van der Waals surface area contributed by atoms with Crippen LogP contribution in [0.25, 0.3) is 34.4 Å². The van der Waals surface area contributed by atoms with E-state index in [-0.39, 0.29) is 0 Å². The number of hydrogen-bond acceptors (Lipinski definition) is 0. The first-order valence-electron chi connectivity index (χ1n) is 7.38. The third-order valence-electron chi connectivity index (χ3n) is 3.87. The maximum Gasteiger partial charge on any atom is -0.00992 e. The van der Waals surface area contributed by atoms with E-state index in [9.17, 15) is 0 Å². The van der Waals surface area contributed by atoms with Crippen LogP contribution in [0.15, 0.2) is 86.0 Å². The second-order valence-electron chi connectivity index (χ2n) is 5.13. The smallest absolute Gasteiger partial charge is 0.00992 e. The van der Waals surface area contributed by atoms with Crippen LogP contribution < -0.4 is 0 Å². The van der Waals surface area contributed by atoms with Crippen molar-refractivity contribution < 1.29 is 0 Å². The molecule has 0 aromatic heterocycles. The third-order valence-corrected chi connectivity index (χ3v) is 3.87. The van der Waals surface area contributed by atoms with E-state index in [2.05, 4.69) is 73.8 Å². The second kappa shape index (κ2) is 6.28. The standard InChI is InChI=1S/C22H18/c1-3-17-11-5-7-13-19(17)21-15-9-10-16-22(21)20-14-8-6-12-18(20)4-2/h3-16H,1-2H2. The van der Waals surface area contributed by atoms with Gasteiger partial charge in [0.05, 0.1) is 0 Å². The zero-order chi connectivity index (χ0) is 15.4. The van der Waals surface area contributed by atoms with E-state index in [1.165, 1.54) is 22.3 Å². The largest absolute Gasteiger partial charge is 0.0984 e. The van der Waals surface area contributed by atoms with E-state index in [4.69, 9.17) is 0 Å². The average molecular weight is 282 g/mol. The second-order valence-corrected chi connectivity index (χ2v) is 5.13. The molecule has 0 nitrogen and oxygen atoms in total. The fourth-order valence-corrected chi connectivity index (χ4v) is 2.79. The Bertz CT molecular complexity index is 754. The first kappa shape index (κ1) is 14.1. The molecule has 0 atom stereocenters. The van der Waals surface area contributed by atoms with Gasteiger partial charge in [-0.2, -0.15) is 0 Å². The molecule has 0 radical (unpaired) electrons. The van der Waals surface area contributed by atoms with Crippen LogP contribution >= 0.6 is 0 Å². The summed E-state index contributed by atoms with van der Waals surface area (Å²) in [4.78, 5) is 0. The minimum atomic E-state index is 1.14. The molecule has 0 aliphatic carbocycles. The number of benzene rings is 3. The average Bonchev–Trinajstić information content (AvgIpc) is 2.61. The van der Waals surface area contributed by atoms with Gasteiger partial charge in [0.25, 0.3) is 0 Å². The molecule has 22 heavy (non-hydrogen) atoms. The van der Waals surface area contributed by atoms with Crippen LogP contribution in [0.2, 0.25) is 0 Å². The predicted octanol–water partition coefficient (Wildman–Crippen LogP) is 6.31. The minimum absolute atomic E-state index is 1.14. The molecule has 0 N–H and O–H groups in total. The molecule has 0 bridgehead atoms. The van der Waals surface area contributed by atoms with Crippen molar-refractivity contribution in [3.63, 3.8) is 0 Å². The van der Waals surface area contributed by atoms with Gasteiger partial charge in [-0.15, -0.1) is 0 Å². The van der Waals surface area contributed by atoms with Crippen molar-refractivity contribution in [1.82, 2.24) is 0 Å². The first-order valence-corrected chi connectivity index (χ1v) is 7.38. The summed E-state index contributed by atoms with van der Waals surface area (Å²) in [5.74, 6) is 0. The SMILES string of the molecule is C=Cc1ccccc1-c1ccccc1-c1ccccc1C=C. The lowest BCUT2D eigenvalue weighted by Gasteiger charge is -2.14. The Balaban J connectivity index is 2.28. The highest BCUT2D eigenvalue weighted by atomic mass is 14.1. The normalized spacial score (nSPS) is 10.2. The molecule has 3 aromatic rings. The highest BCUT2D eigenvalue weighted by Crippen LogP contribution is 2.36. The molecule has 106 valence electrons. The summed E-state index contributed by atoms with van der Waals surface area (Å²) in [6.45, 7) is 7.87. The molecule has 0 heteroatoms. The molecule has 0 amide bonds. The van der Waals surface area contributed by atoms with Gasteiger partial charge in [-0.1, -0.05) is 98.1 Å². The van der Waals surface area contributed by atoms with E-state index in [0.717, 1.165) is 11.1 Å². The minimum Gasteiger partial charge on any atom is -0.0984 e. The zero-order valence-corrected chi connectivity index (χ0v) is 12.5. The van der Waals surface area contributed by atoms with E-state index in [1.807, 2.05) is 24.3 Å². The summed E-state index contributed by atoms with van der Waals surface area (Å²) in [5, 5.41) is 0. The third kappa shape index (κ3) is 2.51. The fraction of sp³-hybridized carbons (Fsp3) is 0. The van der Waals surface area contributed by atoms with Crippen molar-refractivity contribution in [3.8, 4) is 22.3 Å². The van der Waals surface area contributed by atoms with Crippen LogP contribution in [0.5, 0.6) is 0 Å². The van der Waals surface area contributed by atoms with E-state index in [0.29, 0.717) is 0 Å². The van der Waals surface area contributed by atoms with Gasteiger partial charge in [-0.3, -0.25) is 0 Å². The lowest BCUT2D eigenvalue weighted by atomic mass is 9.90. The Labute approximate surface area is 132 Å². The van der Waals surface area contributed by atoms with Crippen molar-refractivity contribution in [2.24, 2.45) is 0 Å². The van der Waals surface area contributed by atoms with Gasteiger partial charge in [0.2, 0.25) is 0 Å². The Hall–Kier alpha value is -2.86. The molecule has 0 saturated heterocycles. The van der Waals surface area contributed by atoms with Crippen LogP contribution in [0.3, 0.4) is 0 Å². The fourth-order valence-electron chi connectivity index (χ4n) is 2.79. The molecule has 0 unspecified atom stereocenters. The molecule has 3 aromatic carbocycles. The molecule has 0 saturated carbocycles. The maximum absolute atomic E-state index is 3.94. The topological polar surface area (TPSA) is 0 Å². The quantitative estimate of drug-likeness (QED) is 0.526. The lowest BCUT2D eigenvalue weighted by molar-refractivity contribution is 1.55. The summed E-state index contributed by atoms with van der Waals surface area (Å²) < 4.78 is 0. The molecule has 0 heterocycles. The molecule has 0 aliphatic rings. The van der Waals surface area contributed by atoms with E-state index >= 15 is 0 Å². The molecular weight excluding hydrogens is 264 g/mol. The highest BCUT2D eigenvalue weighted by Gasteiger charge is 2.10. The van der Waals surface area contributed by atoms with Crippen LogP contribution in [-0.2, 0) is 0 Å². The first-order chi connectivity index (χ1) is 10.8. The van der Waals surface area contributed by atoms with Gasteiger partial charge >= 0.3 is 0 Å². The van der Waals surface area contributed by atoms with Gasteiger partial charge in [0, 0.05) is 0 Å². The van der Waals surface area contributed by atoms with Gasteiger partial charge in [-0.25, -0.2) is 0 Å². The predicted molar refractivity (Wildman–Crippen MR) is 97.5 cm³/mol. The van der Waals surface area contributed by atoms with Crippen LogP contribution in [0, 0.1) is 0 Å². The zero-order valence-electron chi connectivity index (χ0n) is 12.5. The molecule has 0 spiro atoms. The van der Waals surface area contributed by atoms with Gasteiger partial charge < -0.3 is 0 Å². The molecule has 3 rings (SSSR count). The van der Waals surface area contributed by atoms with Crippen LogP contribution in [0.1, 0.15) is 11.1 Å². The van der Waals surface area contributed by atoms with Gasteiger partial charge in [0.15, 0.2) is 0 Å². The van der Waals surface area contributed by atoms with E-state index in [1.54, 1.807) is 0 Å². The monoisotopic (exact) mass is 282 g/mol. The van der Waals surface area contributed by atoms with E-state index < -0.39 is 0 Å². The van der Waals surface area contributed by atoms with Gasteiger partial charge in [0.1, 0.15) is 0 Å². The molecule has 0 aliphatic heterocycles. The summed E-state index contributed by atoms with van der Waals surface area (Å²) in [7, 11) is 0. The Kier molecular flexibility index (Phi) is 4.02. The Morgan fingerprint density at radius 1 is 0.455 bits per heavy atom. The van der Waals surface area contributed by atoms with Crippen LogP contribution in [0.4, 0.5) is 0 Å². The van der Waals surface area contributed by atoms with Crippen molar-refractivity contribution in [2.75, 3.05) is 0 Å². The van der Waals surface area contributed by atoms with Crippen LogP contribution in [-0.4, -0.2) is 0 Å². The van der Waals surface area contributed by atoms with Gasteiger partial charge in [-0.05, 0) is 33.4 Å². The Morgan fingerprint density at radius 2 is 0.773 bits per heavy atom. The summed E-state index contributed by atoms with van der Waals surface area (Å²) in [5.41, 5.74) is 7.12. The van der Waals surface area contributed by atoms with Crippen molar-refractivity contribution in [3.05, 3.63) is 97.1 Å². The Morgan fingerprint density at radius 3 is 1.14 bits per heavy atom.